The molecule has 0 spiro atoms. The highest BCUT2D eigenvalue weighted by Gasteiger charge is 2.21. The van der Waals surface area contributed by atoms with Gasteiger partial charge in [-0.25, -0.2) is 9.78 Å². The Labute approximate surface area is 93.7 Å². The van der Waals surface area contributed by atoms with Crippen LogP contribution in [0.2, 0.25) is 15.3 Å². The fourth-order valence-electron chi connectivity index (χ4n) is 0.838. The summed E-state index contributed by atoms with van der Waals surface area (Å²) in [6.45, 7) is 0. The number of carbonyl (C=O) groups is 1. The van der Waals surface area contributed by atoms with Gasteiger partial charge < -0.3 is 10.5 Å². The first-order chi connectivity index (χ1) is 6.49. The molecule has 0 amide bonds. The fraction of sp³-hybridized carbons (Fsp3) is 0. The van der Waals surface area contributed by atoms with Gasteiger partial charge in [-0.05, 0) is 0 Å². The summed E-state index contributed by atoms with van der Waals surface area (Å²) in [5, 5.41) is 8.29. The van der Waals surface area contributed by atoms with E-state index in [4.69, 9.17) is 45.8 Å². The van der Waals surface area contributed by atoms with Crippen LogP contribution in [0.5, 0.6) is 0 Å². The van der Waals surface area contributed by atoms with Gasteiger partial charge in [-0.3, -0.25) is 5.84 Å². The molecule has 1 rings (SSSR count). The van der Waals surface area contributed by atoms with E-state index in [9.17, 15) is 4.79 Å². The van der Waals surface area contributed by atoms with Crippen LogP contribution in [0.15, 0.2) is 0 Å². The van der Waals surface area contributed by atoms with E-state index in [1.54, 1.807) is 0 Å². The van der Waals surface area contributed by atoms with Crippen molar-refractivity contribution >= 4 is 46.5 Å². The molecule has 5 nitrogen and oxygen atoms in total. The maximum atomic E-state index is 10.7. The number of anilines is 1. The van der Waals surface area contributed by atoms with E-state index in [0.717, 1.165) is 0 Å². The zero-order chi connectivity index (χ0) is 10.9. The van der Waals surface area contributed by atoms with Gasteiger partial charge in [-0.2, -0.15) is 0 Å². The van der Waals surface area contributed by atoms with Crippen molar-refractivity contribution in [1.29, 1.82) is 0 Å². The van der Waals surface area contributed by atoms with Crippen LogP contribution in [0, 0.1) is 0 Å². The molecule has 8 heteroatoms. The fourth-order valence-corrected chi connectivity index (χ4v) is 1.51. The smallest absolute Gasteiger partial charge is 0.341 e. The zero-order valence-corrected chi connectivity index (χ0v) is 8.78. The van der Waals surface area contributed by atoms with E-state index >= 15 is 0 Å². The summed E-state index contributed by atoms with van der Waals surface area (Å²) >= 11 is 16.8. The van der Waals surface area contributed by atoms with Crippen molar-refractivity contribution in [2.45, 2.75) is 0 Å². The molecule has 0 aliphatic heterocycles. The zero-order valence-electron chi connectivity index (χ0n) is 6.51. The molecule has 0 aliphatic carbocycles. The topological polar surface area (TPSA) is 88.2 Å². The number of rotatable bonds is 2. The van der Waals surface area contributed by atoms with Crippen LogP contribution in [0.25, 0.3) is 0 Å². The number of aromatic carboxylic acids is 1. The first-order valence-electron chi connectivity index (χ1n) is 3.23. The summed E-state index contributed by atoms with van der Waals surface area (Å²) in [6.07, 6.45) is 0. The minimum absolute atomic E-state index is 0.0656. The second-order valence-corrected chi connectivity index (χ2v) is 3.30. The maximum Gasteiger partial charge on any atom is 0.341 e. The normalized spacial score (nSPS) is 10.0. The van der Waals surface area contributed by atoms with Gasteiger partial charge in [-0.15, -0.1) is 0 Å². The SMILES string of the molecule is NNc1c(Cl)c(Cl)nc(Cl)c1C(=O)O. The van der Waals surface area contributed by atoms with E-state index in [1.165, 1.54) is 0 Å². The standard InChI is InChI=1S/C6H4Cl3N3O2/c7-2-3(12-10)1(6(13)14)4(8)11-5(2)9/h10H2,(H,11,12)(H,13,14). The molecule has 0 radical (unpaired) electrons. The van der Waals surface area contributed by atoms with Gasteiger partial charge in [0.15, 0.2) is 5.15 Å². The Bertz CT molecular complexity index is 396. The Morgan fingerprint density at radius 1 is 1.36 bits per heavy atom. The average Bonchev–Trinajstić information content (AvgIpc) is 2.09. The first-order valence-corrected chi connectivity index (χ1v) is 4.36. The van der Waals surface area contributed by atoms with Crippen LogP contribution >= 0.6 is 34.8 Å². The lowest BCUT2D eigenvalue weighted by atomic mass is 10.2. The van der Waals surface area contributed by atoms with Gasteiger partial charge in [0.2, 0.25) is 0 Å². The van der Waals surface area contributed by atoms with Crippen LogP contribution in [0.1, 0.15) is 10.4 Å². The highest BCUT2D eigenvalue weighted by molar-refractivity contribution is 6.44. The molecule has 4 N–H and O–H groups in total. The van der Waals surface area contributed by atoms with Crippen molar-refractivity contribution in [2.75, 3.05) is 5.43 Å². The molecule has 76 valence electrons. The maximum absolute atomic E-state index is 10.7. The van der Waals surface area contributed by atoms with Crippen molar-refractivity contribution in [3.8, 4) is 0 Å². The molecule has 1 aromatic rings. The first kappa shape index (κ1) is 11.3. The number of nitrogens with two attached hydrogens (primary N) is 1. The number of aromatic nitrogens is 1. The quantitative estimate of drug-likeness (QED) is 0.428. The molecule has 1 heterocycles. The molecular weight excluding hydrogens is 252 g/mol. The summed E-state index contributed by atoms with van der Waals surface area (Å²) in [5.41, 5.74) is 1.72. The minimum Gasteiger partial charge on any atom is -0.478 e. The number of nitrogens with one attached hydrogen (secondary N) is 1. The Morgan fingerprint density at radius 3 is 2.36 bits per heavy atom. The second-order valence-electron chi connectivity index (χ2n) is 2.21. The van der Waals surface area contributed by atoms with Gasteiger partial charge >= 0.3 is 5.97 Å². The highest BCUT2D eigenvalue weighted by Crippen LogP contribution is 2.34. The van der Waals surface area contributed by atoms with Gasteiger partial charge in [0.25, 0.3) is 0 Å². The van der Waals surface area contributed by atoms with E-state index in [-0.39, 0.29) is 26.6 Å². The largest absolute Gasteiger partial charge is 0.478 e. The monoisotopic (exact) mass is 255 g/mol. The Morgan fingerprint density at radius 2 is 1.93 bits per heavy atom. The van der Waals surface area contributed by atoms with Gasteiger partial charge in [-0.1, -0.05) is 34.8 Å². The number of hydrazine groups is 1. The summed E-state index contributed by atoms with van der Waals surface area (Å²) in [4.78, 5) is 14.3. The van der Waals surface area contributed by atoms with Crippen molar-refractivity contribution in [1.82, 2.24) is 4.98 Å². The molecular formula is C6H4Cl3N3O2. The van der Waals surface area contributed by atoms with Crippen LogP contribution in [-0.4, -0.2) is 16.1 Å². The molecule has 0 bridgehead atoms. The third-order valence-corrected chi connectivity index (χ3v) is 2.42. The molecule has 0 atom stereocenters. The van der Waals surface area contributed by atoms with E-state index in [0.29, 0.717) is 0 Å². The molecule has 0 fully saturated rings. The third-order valence-electron chi connectivity index (χ3n) is 1.41. The summed E-state index contributed by atoms with van der Waals surface area (Å²) < 4.78 is 0. The Hall–Kier alpha value is -0.750. The summed E-state index contributed by atoms with van der Waals surface area (Å²) in [6, 6.07) is 0. The van der Waals surface area contributed by atoms with Crippen molar-refractivity contribution in [3.63, 3.8) is 0 Å². The predicted molar refractivity (Wildman–Crippen MR) is 54.0 cm³/mol. The van der Waals surface area contributed by atoms with Crippen molar-refractivity contribution in [2.24, 2.45) is 5.84 Å². The molecule has 0 saturated carbocycles. The molecule has 1 aromatic heterocycles. The van der Waals surface area contributed by atoms with E-state index < -0.39 is 5.97 Å². The van der Waals surface area contributed by atoms with Crippen LogP contribution < -0.4 is 11.3 Å². The third kappa shape index (κ3) is 1.85. The predicted octanol–water partition coefficient (Wildman–Crippen LogP) is 2.03. The highest BCUT2D eigenvalue weighted by atomic mass is 35.5. The summed E-state index contributed by atoms with van der Waals surface area (Å²) in [7, 11) is 0. The van der Waals surface area contributed by atoms with Crippen molar-refractivity contribution < 1.29 is 9.90 Å². The lowest BCUT2D eigenvalue weighted by molar-refractivity contribution is 0.0697. The number of carboxylic acids is 1. The molecule has 0 aliphatic rings. The van der Waals surface area contributed by atoms with Crippen LogP contribution in [0.4, 0.5) is 5.69 Å². The Kier molecular flexibility index (Phi) is 3.38. The second kappa shape index (κ2) is 4.18. The lowest BCUT2D eigenvalue weighted by Gasteiger charge is -2.09. The van der Waals surface area contributed by atoms with E-state index in [2.05, 4.69) is 10.4 Å². The number of halogens is 3. The van der Waals surface area contributed by atoms with Gasteiger partial charge in [0, 0.05) is 0 Å². The molecule has 0 saturated heterocycles. The van der Waals surface area contributed by atoms with Gasteiger partial charge in [0.05, 0.1) is 5.69 Å². The van der Waals surface area contributed by atoms with Crippen LogP contribution in [0.3, 0.4) is 0 Å². The Balaban J connectivity index is 3.55. The lowest BCUT2D eigenvalue weighted by Crippen LogP contribution is -2.14. The number of hydrogen-bond acceptors (Lipinski definition) is 4. The van der Waals surface area contributed by atoms with E-state index in [1.807, 2.05) is 0 Å². The number of hydrogen-bond donors (Lipinski definition) is 3. The average molecular weight is 256 g/mol. The van der Waals surface area contributed by atoms with Crippen molar-refractivity contribution in [3.05, 3.63) is 20.9 Å². The number of nitrogen functional groups attached to an aromatic ring is 1. The molecule has 0 unspecified atom stereocenters. The molecule has 14 heavy (non-hydrogen) atoms. The minimum atomic E-state index is -1.30. The number of carboxylic acid groups (broad SMARTS) is 1. The number of nitrogens with zero attached hydrogens (tertiary/aromatic N) is 1. The summed E-state index contributed by atoms with van der Waals surface area (Å²) in [5.74, 6) is 3.79. The van der Waals surface area contributed by atoms with Crippen LogP contribution in [-0.2, 0) is 0 Å². The number of pyridine rings is 1. The van der Waals surface area contributed by atoms with Gasteiger partial charge in [0.1, 0.15) is 15.7 Å². The molecule has 0 aromatic carbocycles.